The van der Waals surface area contributed by atoms with Gasteiger partial charge in [-0.2, -0.15) is 0 Å². The lowest BCUT2D eigenvalue weighted by molar-refractivity contribution is -0.184. The number of nitrogens with one attached hydrogen (secondary N) is 1. The highest BCUT2D eigenvalue weighted by atomic mass is 19.1. The average molecular weight is 410 g/mol. The zero-order chi connectivity index (χ0) is 20.7. The fourth-order valence-corrected chi connectivity index (χ4v) is 6.90. The lowest BCUT2D eigenvalue weighted by Crippen LogP contribution is -2.76. The standard InChI is InChI=1S/C24H27FN2O3/c1-13(22(29)27-24-9-23(10-24,11-24)12-28)21-16-7-15(8-17(16)21)30-20-4-5-26-19-3-2-14(25)6-18(19)20/h2-6,13,15-17,21,28H,7-12H2,1H3,(H,27,29)/t13?,15?,16-,17+,21?,23?,24?. The molecule has 3 unspecified atom stereocenters. The van der Waals surface area contributed by atoms with Crippen LogP contribution < -0.4 is 10.1 Å². The maximum atomic E-state index is 13.7. The Hall–Kier alpha value is -2.21. The molecule has 6 heteroatoms. The second-order valence-corrected chi connectivity index (χ2v) is 10.3. The van der Waals surface area contributed by atoms with Crippen LogP contribution in [-0.2, 0) is 4.79 Å². The van der Waals surface area contributed by atoms with Gasteiger partial charge in [0.2, 0.25) is 5.91 Å². The van der Waals surface area contributed by atoms with Gasteiger partial charge in [-0.05, 0) is 74.1 Å². The van der Waals surface area contributed by atoms with E-state index < -0.39 is 0 Å². The topological polar surface area (TPSA) is 71.5 Å². The molecule has 2 bridgehead atoms. The summed E-state index contributed by atoms with van der Waals surface area (Å²) in [6, 6.07) is 6.38. The highest BCUT2D eigenvalue weighted by Crippen LogP contribution is 2.67. The van der Waals surface area contributed by atoms with Crippen molar-refractivity contribution in [2.45, 2.75) is 50.7 Å². The highest BCUT2D eigenvalue weighted by molar-refractivity contribution is 5.84. The number of carbonyl (C=O) groups is 1. The molecule has 2 aromatic rings. The molecule has 158 valence electrons. The van der Waals surface area contributed by atoms with E-state index in [1.165, 1.54) is 12.1 Å². The Labute approximate surface area is 175 Å². The smallest absolute Gasteiger partial charge is 0.223 e. The molecule has 1 heterocycles. The molecular weight excluding hydrogens is 383 g/mol. The molecule has 0 radical (unpaired) electrons. The maximum absolute atomic E-state index is 13.7. The average Bonchev–Trinajstić information content (AvgIpc) is 3.17. The van der Waals surface area contributed by atoms with Gasteiger partial charge in [0.15, 0.2) is 0 Å². The van der Waals surface area contributed by atoms with Gasteiger partial charge in [0.05, 0.1) is 11.6 Å². The van der Waals surface area contributed by atoms with E-state index in [1.54, 1.807) is 12.3 Å². The number of pyridine rings is 1. The van der Waals surface area contributed by atoms with E-state index in [1.807, 2.05) is 6.07 Å². The van der Waals surface area contributed by atoms with E-state index in [9.17, 15) is 14.3 Å². The van der Waals surface area contributed by atoms with Gasteiger partial charge in [-0.25, -0.2) is 4.39 Å². The van der Waals surface area contributed by atoms with Crippen molar-refractivity contribution in [3.8, 4) is 5.75 Å². The minimum absolute atomic E-state index is 0.0240. The van der Waals surface area contributed by atoms with Crippen LogP contribution in [0.1, 0.15) is 39.0 Å². The molecule has 5 aliphatic carbocycles. The zero-order valence-corrected chi connectivity index (χ0v) is 17.1. The summed E-state index contributed by atoms with van der Waals surface area (Å²) >= 11 is 0. The molecule has 7 rings (SSSR count). The minimum atomic E-state index is -0.289. The molecule has 0 aliphatic heterocycles. The summed E-state index contributed by atoms with van der Waals surface area (Å²) in [7, 11) is 0. The predicted octanol–water partition coefficient (Wildman–Crippen LogP) is 3.44. The number of hydrogen-bond acceptors (Lipinski definition) is 4. The third kappa shape index (κ3) is 2.69. The number of benzene rings is 1. The third-order valence-corrected chi connectivity index (χ3v) is 8.28. The number of aliphatic hydroxyl groups excluding tert-OH is 1. The van der Waals surface area contributed by atoms with Gasteiger partial charge in [-0.3, -0.25) is 9.78 Å². The summed E-state index contributed by atoms with van der Waals surface area (Å²) in [4.78, 5) is 17.1. The molecule has 1 aromatic heterocycles. The van der Waals surface area contributed by atoms with E-state index >= 15 is 0 Å². The normalized spacial score (nSPS) is 38.9. The van der Waals surface area contributed by atoms with Crippen LogP contribution in [-0.4, -0.2) is 34.2 Å². The first-order valence-electron chi connectivity index (χ1n) is 11.0. The second-order valence-electron chi connectivity index (χ2n) is 10.3. The van der Waals surface area contributed by atoms with Crippen molar-refractivity contribution in [1.82, 2.24) is 10.3 Å². The summed E-state index contributed by atoms with van der Waals surface area (Å²) in [6.07, 6.45) is 6.51. The van der Waals surface area contributed by atoms with Crippen LogP contribution in [0.3, 0.4) is 0 Å². The summed E-state index contributed by atoms with van der Waals surface area (Å²) in [5, 5.41) is 13.4. The number of aromatic nitrogens is 1. The van der Waals surface area contributed by atoms with Gasteiger partial charge in [-0.1, -0.05) is 6.92 Å². The Kier molecular flexibility index (Phi) is 3.81. The number of amides is 1. The van der Waals surface area contributed by atoms with Gasteiger partial charge in [-0.15, -0.1) is 0 Å². The van der Waals surface area contributed by atoms with E-state index in [4.69, 9.17) is 4.74 Å². The molecule has 5 atom stereocenters. The fraction of sp³-hybridized carbons (Fsp3) is 0.583. The Morgan fingerprint density at radius 2 is 2.03 bits per heavy atom. The van der Waals surface area contributed by atoms with E-state index in [0.717, 1.165) is 37.6 Å². The van der Waals surface area contributed by atoms with Crippen LogP contribution in [0.25, 0.3) is 10.9 Å². The van der Waals surface area contributed by atoms with Crippen molar-refractivity contribution in [3.63, 3.8) is 0 Å². The monoisotopic (exact) mass is 410 g/mol. The van der Waals surface area contributed by atoms with Crippen molar-refractivity contribution < 1.29 is 19.0 Å². The van der Waals surface area contributed by atoms with Crippen LogP contribution in [0, 0.1) is 34.9 Å². The molecule has 5 nitrogen and oxygen atoms in total. The number of nitrogens with zero attached hydrogens (tertiary/aromatic N) is 1. The zero-order valence-electron chi connectivity index (χ0n) is 17.1. The van der Waals surface area contributed by atoms with Gasteiger partial charge in [0.1, 0.15) is 11.6 Å². The van der Waals surface area contributed by atoms with Gasteiger partial charge in [0.25, 0.3) is 0 Å². The maximum Gasteiger partial charge on any atom is 0.223 e. The minimum Gasteiger partial charge on any atom is -0.490 e. The van der Waals surface area contributed by atoms with Crippen LogP contribution >= 0.6 is 0 Å². The van der Waals surface area contributed by atoms with Crippen molar-refractivity contribution in [3.05, 3.63) is 36.3 Å². The Balaban J connectivity index is 1.05. The molecule has 1 amide bonds. The molecule has 1 aromatic carbocycles. The second kappa shape index (κ2) is 6.16. The molecule has 5 aliphatic rings. The lowest BCUT2D eigenvalue weighted by Gasteiger charge is -2.70. The first-order valence-corrected chi connectivity index (χ1v) is 11.0. The van der Waals surface area contributed by atoms with Crippen LogP contribution in [0.5, 0.6) is 5.75 Å². The number of rotatable bonds is 6. The molecule has 5 fully saturated rings. The molecule has 2 N–H and O–H groups in total. The third-order valence-electron chi connectivity index (χ3n) is 8.28. The van der Waals surface area contributed by atoms with Crippen molar-refractivity contribution >= 4 is 16.8 Å². The van der Waals surface area contributed by atoms with E-state index in [-0.39, 0.29) is 41.3 Å². The summed E-state index contributed by atoms with van der Waals surface area (Å²) < 4.78 is 19.9. The number of carbonyl (C=O) groups excluding carboxylic acids is 1. The van der Waals surface area contributed by atoms with Crippen LogP contribution in [0.4, 0.5) is 4.39 Å². The van der Waals surface area contributed by atoms with Gasteiger partial charge >= 0.3 is 0 Å². The van der Waals surface area contributed by atoms with E-state index in [0.29, 0.717) is 28.9 Å². The first-order chi connectivity index (χ1) is 14.4. The van der Waals surface area contributed by atoms with Crippen molar-refractivity contribution in [2.24, 2.45) is 29.1 Å². The Morgan fingerprint density at radius 3 is 2.73 bits per heavy atom. The number of hydrogen-bond donors (Lipinski definition) is 2. The highest BCUT2D eigenvalue weighted by Gasteiger charge is 2.68. The van der Waals surface area contributed by atoms with E-state index in [2.05, 4.69) is 17.2 Å². The fourth-order valence-electron chi connectivity index (χ4n) is 6.90. The molecule has 5 saturated carbocycles. The van der Waals surface area contributed by atoms with Gasteiger partial charge in [0, 0.05) is 35.1 Å². The number of fused-ring (bicyclic) bond motifs is 2. The van der Waals surface area contributed by atoms with Crippen molar-refractivity contribution in [1.29, 1.82) is 0 Å². The number of ether oxygens (including phenoxy) is 1. The van der Waals surface area contributed by atoms with Crippen LogP contribution in [0.2, 0.25) is 0 Å². The van der Waals surface area contributed by atoms with Crippen molar-refractivity contribution in [2.75, 3.05) is 6.61 Å². The van der Waals surface area contributed by atoms with Crippen LogP contribution in [0.15, 0.2) is 30.5 Å². The Bertz CT molecular complexity index is 1010. The molecule has 0 saturated heterocycles. The first kappa shape index (κ1) is 18.6. The number of halogens is 1. The quantitative estimate of drug-likeness (QED) is 0.765. The summed E-state index contributed by atoms with van der Waals surface area (Å²) in [5.41, 5.74) is 0.815. The Morgan fingerprint density at radius 1 is 1.30 bits per heavy atom. The lowest BCUT2D eigenvalue weighted by atomic mass is 9.39. The molecule has 30 heavy (non-hydrogen) atoms. The summed E-state index contributed by atoms with van der Waals surface area (Å²) in [5.74, 6) is 2.12. The molecule has 0 spiro atoms. The SMILES string of the molecule is CC(C(=O)NC12CC(CO)(C1)C2)C1[C@H]2CC(Oc3ccnc4ccc(F)cc34)C[C@@H]12. The molecular formula is C24H27FN2O3. The largest absolute Gasteiger partial charge is 0.490 e. The number of aliphatic hydroxyl groups is 1. The van der Waals surface area contributed by atoms with Gasteiger partial charge < -0.3 is 15.2 Å². The summed E-state index contributed by atoms with van der Waals surface area (Å²) in [6.45, 7) is 2.30. The predicted molar refractivity (Wildman–Crippen MR) is 109 cm³/mol.